The molecule has 3 N–H and O–H groups in total. The first-order chi connectivity index (χ1) is 17.4. The van der Waals surface area contributed by atoms with E-state index in [9.17, 15) is 19.5 Å². The number of nitrogens with zero attached hydrogens (tertiary/aromatic N) is 1. The predicted octanol–water partition coefficient (Wildman–Crippen LogP) is 4.16. The van der Waals surface area contributed by atoms with Crippen molar-refractivity contribution >= 4 is 40.5 Å². The van der Waals surface area contributed by atoms with Crippen LogP contribution in [0.1, 0.15) is 77.6 Å². The highest BCUT2D eigenvalue weighted by Crippen LogP contribution is 2.36. The van der Waals surface area contributed by atoms with Gasteiger partial charge in [0.25, 0.3) is 5.91 Å². The fourth-order valence-corrected chi connectivity index (χ4v) is 4.34. The molecule has 1 amide bonds. The van der Waals surface area contributed by atoms with Crippen LogP contribution in [-0.4, -0.2) is 60.3 Å². The first kappa shape index (κ1) is 30.8. The standard InChI is InChI=1S/C28H35N3O6.BrH/c1-7-36-23-11-18-14-31(26(29)19(18)13-20(23)27(35)30-6)15-22(32)16-9-17(12-24(33)37-8-2)25(34)21(10-16)28(3,4)5;/h9-11,13,29,34H,7-8,12,14-15H2,1-6H3,(H,30,35);1H. The molecule has 206 valence electrons. The Kier molecular flexibility index (Phi) is 10.1. The van der Waals surface area contributed by atoms with Crippen molar-refractivity contribution in [2.24, 2.45) is 0 Å². The quantitative estimate of drug-likeness (QED) is 0.296. The summed E-state index contributed by atoms with van der Waals surface area (Å²) in [6, 6.07) is 6.55. The van der Waals surface area contributed by atoms with E-state index in [4.69, 9.17) is 14.9 Å². The number of amidine groups is 1. The number of hydrogen-bond acceptors (Lipinski definition) is 7. The molecule has 10 heteroatoms. The summed E-state index contributed by atoms with van der Waals surface area (Å²) in [6.45, 7) is 10.1. The van der Waals surface area contributed by atoms with Gasteiger partial charge < -0.3 is 24.8 Å². The molecule has 3 rings (SSSR count). The molecule has 9 nitrogen and oxygen atoms in total. The number of fused-ring (bicyclic) bond motifs is 1. The van der Waals surface area contributed by atoms with Crippen LogP contribution in [0.2, 0.25) is 0 Å². The van der Waals surface area contributed by atoms with Crippen molar-refractivity contribution in [1.82, 2.24) is 10.2 Å². The molecule has 0 aromatic heterocycles. The van der Waals surface area contributed by atoms with E-state index in [1.807, 2.05) is 27.7 Å². The second-order valence-electron chi connectivity index (χ2n) is 9.91. The maximum Gasteiger partial charge on any atom is 0.310 e. The monoisotopic (exact) mass is 589 g/mol. The van der Waals surface area contributed by atoms with Crippen molar-refractivity contribution in [3.8, 4) is 11.5 Å². The Balaban J connectivity index is 0.00000507. The van der Waals surface area contributed by atoms with Crippen molar-refractivity contribution < 1.29 is 29.0 Å². The number of amides is 1. The third-order valence-corrected chi connectivity index (χ3v) is 6.20. The number of halogens is 1. The maximum absolute atomic E-state index is 13.4. The second-order valence-corrected chi connectivity index (χ2v) is 9.91. The number of benzene rings is 2. The lowest BCUT2D eigenvalue weighted by Gasteiger charge is -2.24. The van der Waals surface area contributed by atoms with Crippen LogP contribution in [0.3, 0.4) is 0 Å². The Morgan fingerprint density at radius 2 is 1.79 bits per heavy atom. The van der Waals surface area contributed by atoms with Gasteiger partial charge in [-0.3, -0.25) is 19.8 Å². The average molecular weight is 591 g/mol. The van der Waals surface area contributed by atoms with Crippen molar-refractivity contribution in [3.63, 3.8) is 0 Å². The highest BCUT2D eigenvalue weighted by Gasteiger charge is 2.30. The van der Waals surface area contributed by atoms with Crippen molar-refractivity contribution in [2.45, 2.75) is 53.0 Å². The molecule has 0 fully saturated rings. The number of phenolic OH excluding ortho intramolecular Hbond substituents is 1. The van der Waals surface area contributed by atoms with Gasteiger partial charge in [-0.15, -0.1) is 17.0 Å². The molecule has 0 radical (unpaired) electrons. The van der Waals surface area contributed by atoms with E-state index in [1.165, 1.54) is 13.1 Å². The topological polar surface area (TPSA) is 129 Å². The summed E-state index contributed by atoms with van der Waals surface area (Å²) in [6.07, 6.45) is -0.155. The van der Waals surface area contributed by atoms with Gasteiger partial charge in [-0.1, -0.05) is 20.8 Å². The third kappa shape index (κ3) is 6.53. The normalized spacial score (nSPS) is 12.5. The van der Waals surface area contributed by atoms with Crippen LogP contribution < -0.4 is 10.1 Å². The zero-order valence-corrected chi connectivity index (χ0v) is 24.4. The van der Waals surface area contributed by atoms with Gasteiger partial charge in [0.05, 0.1) is 31.7 Å². The fraction of sp³-hybridized carbons (Fsp3) is 0.429. The van der Waals surface area contributed by atoms with E-state index in [1.54, 1.807) is 30.0 Å². The number of aromatic hydroxyl groups is 1. The number of esters is 1. The SMILES string of the molecule is Br.CCOC(=O)Cc1cc(C(=O)CN2Cc3cc(OCC)c(C(=O)NC)cc3C2=N)cc(C(C)(C)C)c1O. The molecule has 0 spiro atoms. The number of Topliss-reactive ketones (excluding diaryl/α,β-unsaturated/α-hetero) is 1. The number of carbonyl (C=O) groups excluding carboxylic acids is 3. The van der Waals surface area contributed by atoms with E-state index in [0.29, 0.717) is 46.7 Å². The van der Waals surface area contributed by atoms with Crippen LogP contribution in [-0.2, 0) is 27.9 Å². The molecule has 0 bridgehead atoms. The lowest BCUT2D eigenvalue weighted by molar-refractivity contribution is -0.142. The maximum atomic E-state index is 13.4. The first-order valence-electron chi connectivity index (χ1n) is 12.3. The van der Waals surface area contributed by atoms with E-state index >= 15 is 0 Å². The van der Waals surface area contributed by atoms with Crippen molar-refractivity contribution in [3.05, 3.63) is 57.6 Å². The van der Waals surface area contributed by atoms with E-state index in [-0.39, 0.29) is 59.8 Å². The molecule has 0 atom stereocenters. The molecule has 1 aliphatic heterocycles. The minimum Gasteiger partial charge on any atom is -0.507 e. The molecule has 38 heavy (non-hydrogen) atoms. The highest BCUT2D eigenvalue weighted by molar-refractivity contribution is 8.93. The van der Waals surface area contributed by atoms with Crippen LogP contribution in [0.25, 0.3) is 0 Å². The van der Waals surface area contributed by atoms with Gasteiger partial charge in [0.2, 0.25) is 0 Å². The molecule has 1 heterocycles. The lowest BCUT2D eigenvalue weighted by Crippen LogP contribution is -2.30. The number of hydrogen-bond donors (Lipinski definition) is 3. The van der Waals surface area contributed by atoms with Crippen LogP contribution in [0, 0.1) is 5.41 Å². The molecule has 2 aromatic rings. The van der Waals surface area contributed by atoms with Gasteiger partial charge in [0.15, 0.2) is 5.78 Å². The van der Waals surface area contributed by atoms with E-state index in [2.05, 4.69) is 5.32 Å². The molecule has 1 aliphatic rings. The Morgan fingerprint density at radius 3 is 2.37 bits per heavy atom. The Bertz CT molecular complexity index is 1250. The predicted molar refractivity (Wildman–Crippen MR) is 150 cm³/mol. The van der Waals surface area contributed by atoms with Crippen molar-refractivity contribution in [2.75, 3.05) is 26.8 Å². The third-order valence-electron chi connectivity index (χ3n) is 6.20. The van der Waals surface area contributed by atoms with Gasteiger partial charge in [-0.2, -0.15) is 0 Å². The molecule has 0 saturated heterocycles. The van der Waals surface area contributed by atoms with E-state index < -0.39 is 11.4 Å². The number of carbonyl (C=O) groups is 3. The van der Waals surface area contributed by atoms with Crippen molar-refractivity contribution in [1.29, 1.82) is 5.41 Å². The minimum absolute atomic E-state index is 0. The Hall–Kier alpha value is -3.40. The number of nitrogens with one attached hydrogen (secondary N) is 2. The number of rotatable bonds is 9. The number of ketones is 1. The largest absolute Gasteiger partial charge is 0.507 e. The molecular formula is C28H36BrN3O6. The van der Waals surface area contributed by atoms with Gasteiger partial charge in [-0.05, 0) is 49.1 Å². The first-order valence-corrected chi connectivity index (χ1v) is 12.3. The molecule has 0 unspecified atom stereocenters. The zero-order valence-electron chi connectivity index (χ0n) is 22.7. The highest BCUT2D eigenvalue weighted by atomic mass is 79.9. The number of phenols is 1. The van der Waals surface area contributed by atoms with Gasteiger partial charge in [0, 0.05) is 35.8 Å². The zero-order chi connectivity index (χ0) is 27.5. The Labute approximate surface area is 233 Å². The molecule has 0 aliphatic carbocycles. The summed E-state index contributed by atoms with van der Waals surface area (Å²) in [5, 5.41) is 22.1. The van der Waals surface area contributed by atoms with Crippen LogP contribution in [0.5, 0.6) is 11.5 Å². The van der Waals surface area contributed by atoms with Crippen LogP contribution in [0.15, 0.2) is 24.3 Å². The summed E-state index contributed by atoms with van der Waals surface area (Å²) in [5.74, 6) is -0.525. The summed E-state index contributed by atoms with van der Waals surface area (Å²) in [5.41, 5.74) is 2.42. The molecular weight excluding hydrogens is 554 g/mol. The summed E-state index contributed by atoms with van der Waals surface area (Å²) >= 11 is 0. The summed E-state index contributed by atoms with van der Waals surface area (Å²) in [4.78, 5) is 39.5. The van der Waals surface area contributed by atoms with Gasteiger partial charge >= 0.3 is 5.97 Å². The Morgan fingerprint density at radius 1 is 1.11 bits per heavy atom. The van der Waals surface area contributed by atoms with Crippen LogP contribution in [0.4, 0.5) is 0 Å². The van der Waals surface area contributed by atoms with Gasteiger partial charge in [-0.25, -0.2) is 0 Å². The summed E-state index contributed by atoms with van der Waals surface area (Å²) in [7, 11) is 1.53. The second kappa shape index (κ2) is 12.4. The number of ether oxygens (including phenoxy) is 2. The fourth-order valence-electron chi connectivity index (χ4n) is 4.34. The summed E-state index contributed by atoms with van der Waals surface area (Å²) < 4.78 is 10.7. The minimum atomic E-state index is -0.490. The van der Waals surface area contributed by atoms with Gasteiger partial charge in [0.1, 0.15) is 17.3 Å². The molecule has 2 aromatic carbocycles. The average Bonchev–Trinajstić information content (AvgIpc) is 3.12. The van der Waals surface area contributed by atoms with E-state index in [0.717, 1.165) is 5.56 Å². The smallest absolute Gasteiger partial charge is 0.310 e. The van der Waals surface area contributed by atoms with Crippen LogP contribution >= 0.6 is 17.0 Å². The lowest BCUT2D eigenvalue weighted by atomic mass is 9.83. The molecule has 0 saturated carbocycles.